The fourth-order valence-electron chi connectivity index (χ4n) is 1.08. The predicted molar refractivity (Wildman–Crippen MR) is 35.0 cm³/mol. The number of hydrogen-bond acceptors (Lipinski definition) is 0. The van der Waals surface area contributed by atoms with Crippen molar-refractivity contribution >= 4 is 0 Å². The molecule has 2 unspecified atom stereocenters. The molecule has 0 bridgehead atoms. The van der Waals surface area contributed by atoms with Gasteiger partial charge in [0.2, 0.25) is 6.43 Å². The Morgan fingerprint density at radius 2 is 1.58 bits per heavy atom. The minimum absolute atomic E-state index is 0.297. The SMILES string of the molecule is CCC(C(C)C(F)F)C(F)(F)F. The van der Waals surface area contributed by atoms with Crippen molar-refractivity contribution in [3.8, 4) is 0 Å². The van der Waals surface area contributed by atoms with Crippen LogP contribution >= 0.6 is 0 Å². The average Bonchev–Trinajstić information content (AvgIpc) is 1.85. The molecule has 0 saturated carbocycles. The van der Waals surface area contributed by atoms with E-state index < -0.39 is 24.4 Å². The van der Waals surface area contributed by atoms with Crippen LogP contribution in [0.25, 0.3) is 0 Å². The van der Waals surface area contributed by atoms with Crippen LogP contribution < -0.4 is 0 Å². The second kappa shape index (κ2) is 4.05. The third kappa shape index (κ3) is 2.95. The molecule has 0 nitrogen and oxygen atoms in total. The molecule has 0 rings (SSSR count). The first kappa shape index (κ1) is 11.6. The largest absolute Gasteiger partial charge is 0.392 e. The van der Waals surface area contributed by atoms with E-state index in [0.29, 0.717) is 0 Å². The Balaban J connectivity index is 4.35. The van der Waals surface area contributed by atoms with Crippen molar-refractivity contribution in [2.75, 3.05) is 0 Å². The molecule has 0 radical (unpaired) electrons. The van der Waals surface area contributed by atoms with Gasteiger partial charge in [0.1, 0.15) is 0 Å². The van der Waals surface area contributed by atoms with Crippen molar-refractivity contribution in [1.82, 2.24) is 0 Å². The summed E-state index contributed by atoms with van der Waals surface area (Å²) in [5, 5.41) is 0. The Labute approximate surface area is 67.8 Å². The van der Waals surface area contributed by atoms with Gasteiger partial charge in [0, 0.05) is 5.92 Å². The first-order valence-electron chi connectivity index (χ1n) is 3.65. The molecular weight excluding hydrogens is 179 g/mol. The van der Waals surface area contributed by atoms with Crippen LogP contribution in [0.1, 0.15) is 20.3 Å². The zero-order valence-corrected chi connectivity index (χ0v) is 6.83. The van der Waals surface area contributed by atoms with E-state index >= 15 is 0 Å². The van der Waals surface area contributed by atoms with Gasteiger partial charge < -0.3 is 0 Å². The topological polar surface area (TPSA) is 0 Å². The Kier molecular flexibility index (Phi) is 3.93. The van der Waals surface area contributed by atoms with E-state index in [1.54, 1.807) is 0 Å². The van der Waals surface area contributed by atoms with E-state index in [0.717, 1.165) is 6.92 Å². The Bertz CT molecular complexity index is 128. The van der Waals surface area contributed by atoms with Crippen LogP contribution in [0.15, 0.2) is 0 Å². The molecule has 0 saturated heterocycles. The summed E-state index contributed by atoms with van der Waals surface area (Å²) in [5.41, 5.74) is 0. The monoisotopic (exact) mass is 190 g/mol. The molecule has 74 valence electrons. The van der Waals surface area contributed by atoms with Gasteiger partial charge in [-0.15, -0.1) is 0 Å². The van der Waals surface area contributed by atoms with Gasteiger partial charge in [-0.2, -0.15) is 13.2 Å². The minimum atomic E-state index is -4.51. The fourth-order valence-corrected chi connectivity index (χ4v) is 1.08. The zero-order chi connectivity index (χ0) is 9.94. The van der Waals surface area contributed by atoms with Crippen LogP contribution in [0.5, 0.6) is 0 Å². The summed E-state index contributed by atoms with van der Waals surface area (Å²) in [5.74, 6) is -3.51. The highest BCUT2D eigenvalue weighted by atomic mass is 19.4. The standard InChI is InChI=1S/C7H11F5/c1-3-5(7(10,11)12)4(2)6(8)9/h4-6H,3H2,1-2H3. The summed E-state index contributed by atoms with van der Waals surface area (Å²) < 4.78 is 59.8. The third-order valence-corrected chi connectivity index (χ3v) is 1.89. The van der Waals surface area contributed by atoms with Crippen LogP contribution in [-0.4, -0.2) is 12.6 Å². The van der Waals surface area contributed by atoms with E-state index in [4.69, 9.17) is 0 Å². The van der Waals surface area contributed by atoms with Gasteiger partial charge >= 0.3 is 6.18 Å². The second-order valence-corrected chi connectivity index (χ2v) is 2.75. The Hall–Kier alpha value is -0.350. The summed E-state index contributed by atoms with van der Waals surface area (Å²) in [4.78, 5) is 0. The van der Waals surface area contributed by atoms with E-state index in [9.17, 15) is 22.0 Å². The molecule has 0 N–H and O–H groups in total. The summed E-state index contributed by atoms with van der Waals surface area (Å²) in [7, 11) is 0. The third-order valence-electron chi connectivity index (χ3n) is 1.89. The van der Waals surface area contributed by atoms with Gasteiger partial charge in [-0.1, -0.05) is 13.8 Å². The van der Waals surface area contributed by atoms with Crippen LogP contribution in [0.4, 0.5) is 22.0 Å². The Morgan fingerprint density at radius 3 is 1.67 bits per heavy atom. The lowest BCUT2D eigenvalue weighted by atomic mass is 9.91. The normalized spacial score (nSPS) is 18.0. The molecule has 0 aromatic carbocycles. The minimum Gasteiger partial charge on any atom is -0.210 e. The van der Waals surface area contributed by atoms with Crippen LogP contribution in [-0.2, 0) is 0 Å². The molecular formula is C7H11F5. The molecule has 0 heterocycles. The van der Waals surface area contributed by atoms with Crippen molar-refractivity contribution < 1.29 is 22.0 Å². The first-order chi connectivity index (χ1) is 5.30. The predicted octanol–water partition coefficient (Wildman–Crippen LogP) is 3.48. The fraction of sp³-hybridized carbons (Fsp3) is 1.00. The van der Waals surface area contributed by atoms with Crippen LogP contribution in [0, 0.1) is 11.8 Å². The molecule has 0 spiro atoms. The molecule has 0 aromatic heterocycles. The summed E-state index contributed by atoms with van der Waals surface area (Å²) in [6, 6.07) is 0. The van der Waals surface area contributed by atoms with Gasteiger partial charge in [-0.25, -0.2) is 8.78 Å². The van der Waals surface area contributed by atoms with Crippen molar-refractivity contribution in [3.63, 3.8) is 0 Å². The number of alkyl halides is 5. The number of halogens is 5. The Morgan fingerprint density at radius 1 is 1.17 bits per heavy atom. The van der Waals surface area contributed by atoms with E-state index in [-0.39, 0.29) is 6.42 Å². The van der Waals surface area contributed by atoms with E-state index in [2.05, 4.69) is 0 Å². The van der Waals surface area contributed by atoms with Crippen molar-refractivity contribution in [2.45, 2.75) is 32.9 Å². The second-order valence-electron chi connectivity index (χ2n) is 2.75. The van der Waals surface area contributed by atoms with Crippen molar-refractivity contribution in [3.05, 3.63) is 0 Å². The molecule has 12 heavy (non-hydrogen) atoms. The van der Waals surface area contributed by atoms with Crippen molar-refractivity contribution in [2.24, 2.45) is 11.8 Å². The molecule has 0 aliphatic rings. The van der Waals surface area contributed by atoms with Gasteiger partial charge in [0.05, 0.1) is 5.92 Å². The maximum Gasteiger partial charge on any atom is 0.392 e. The average molecular weight is 190 g/mol. The van der Waals surface area contributed by atoms with Crippen LogP contribution in [0.2, 0.25) is 0 Å². The van der Waals surface area contributed by atoms with Gasteiger partial charge in [-0.3, -0.25) is 0 Å². The summed E-state index contributed by atoms with van der Waals surface area (Å²) >= 11 is 0. The maximum atomic E-state index is 12.0. The summed E-state index contributed by atoms with van der Waals surface area (Å²) in [6.45, 7) is 2.18. The first-order valence-corrected chi connectivity index (χ1v) is 3.65. The highest BCUT2D eigenvalue weighted by molar-refractivity contribution is 4.73. The van der Waals surface area contributed by atoms with E-state index in [1.807, 2.05) is 0 Å². The maximum absolute atomic E-state index is 12.0. The highest BCUT2D eigenvalue weighted by Crippen LogP contribution is 2.36. The zero-order valence-electron chi connectivity index (χ0n) is 6.83. The molecule has 0 aromatic rings. The molecule has 0 aliphatic heterocycles. The summed E-state index contributed by atoms with van der Waals surface area (Å²) in [6.07, 6.45) is -7.71. The smallest absolute Gasteiger partial charge is 0.210 e. The van der Waals surface area contributed by atoms with Gasteiger partial charge in [0.25, 0.3) is 0 Å². The highest BCUT2D eigenvalue weighted by Gasteiger charge is 2.44. The van der Waals surface area contributed by atoms with Crippen molar-refractivity contribution in [1.29, 1.82) is 0 Å². The number of hydrogen-bond donors (Lipinski definition) is 0. The quantitative estimate of drug-likeness (QED) is 0.597. The molecule has 2 atom stereocenters. The lowest BCUT2D eigenvalue weighted by Gasteiger charge is -2.24. The van der Waals surface area contributed by atoms with Gasteiger partial charge in [0.15, 0.2) is 0 Å². The number of rotatable bonds is 3. The van der Waals surface area contributed by atoms with E-state index in [1.165, 1.54) is 6.92 Å². The molecule has 5 heteroatoms. The molecule has 0 aliphatic carbocycles. The lowest BCUT2D eigenvalue weighted by molar-refractivity contribution is -0.200. The lowest BCUT2D eigenvalue weighted by Crippen LogP contribution is -2.31. The molecule has 0 amide bonds. The molecule has 0 fully saturated rings. The van der Waals surface area contributed by atoms with Gasteiger partial charge in [-0.05, 0) is 6.42 Å². The van der Waals surface area contributed by atoms with Crippen LogP contribution in [0.3, 0.4) is 0 Å².